The van der Waals surface area contributed by atoms with Gasteiger partial charge in [0.1, 0.15) is 11.4 Å². The van der Waals surface area contributed by atoms with E-state index < -0.39 is 0 Å². The van der Waals surface area contributed by atoms with Crippen molar-refractivity contribution in [2.24, 2.45) is 10.9 Å². The van der Waals surface area contributed by atoms with E-state index in [1.165, 1.54) is 4.88 Å². The zero-order valence-corrected chi connectivity index (χ0v) is 10.4. The summed E-state index contributed by atoms with van der Waals surface area (Å²) < 4.78 is 5.55. The Hall–Kier alpha value is -2.08. The maximum absolute atomic E-state index is 8.50. The van der Waals surface area contributed by atoms with Crippen LogP contribution in [0.3, 0.4) is 0 Å². The fourth-order valence-corrected chi connectivity index (χ4v) is 2.08. The number of nitrogens with zero attached hydrogens (tertiary/aromatic N) is 2. The molecule has 0 spiro atoms. The zero-order valence-electron chi connectivity index (χ0n) is 9.61. The number of amidine groups is 1. The smallest absolute Gasteiger partial charge is 0.188 e. The lowest BCUT2D eigenvalue weighted by atomic mass is 10.3. The van der Waals surface area contributed by atoms with Crippen LogP contribution in [0.1, 0.15) is 10.6 Å². The molecule has 0 amide bonds. The minimum atomic E-state index is -0.0138. The molecule has 0 aliphatic rings. The number of rotatable bonds is 5. The van der Waals surface area contributed by atoms with Crippen LogP contribution in [-0.2, 0) is 6.42 Å². The number of ether oxygens (including phenoxy) is 1. The van der Waals surface area contributed by atoms with Crippen LogP contribution in [0, 0.1) is 0 Å². The first kappa shape index (κ1) is 12.4. The lowest BCUT2D eigenvalue weighted by Crippen LogP contribution is -2.14. The van der Waals surface area contributed by atoms with Gasteiger partial charge in [0.15, 0.2) is 5.84 Å². The van der Waals surface area contributed by atoms with Crippen molar-refractivity contribution in [3.8, 4) is 5.75 Å². The molecule has 94 valence electrons. The first-order valence-corrected chi connectivity index (χ1v) is 6.26. The molecule has 0 aromatic carbocycles. The molecule has 0 saturated carbocycles. The summed E-state index contributed by atoms with van der Waals surface area (Å²) in [6.07, 6.45) is 2.43. The van der Waals surface area contributed by atoms with Gasteiger partial charge >= 0.3 is 0 Å². The predicted molar refractivity (Wildman–Crippen MR) is 70.3 cm³/mol. The Balaban J connectivity index is 1.87. The van der Waals surface area contributed by atoms with E-state index >= 15 is 0 Å². The number of hydrogen-bond acceptors (Lipinski definition) is 5. The van der Waals surface area contributed by atoms with Crippen molar-refractivity contribution >= 4 is 17.2 Å². The van der Waals surface area contributed by atoms with Gasteiger partial charge in [0.2, 0.25) is 0 Å². The summed E-state index contributed by atoms with van der Waals surface area (Å²) >= 11 is 1.71. The van der Waals surface area contributed by atoms with Gasteiger partial charge < -0.3 is 15.7 Å². The van der Waals surface area contributed by atoms with Gasteiger partial charge in [-0.05, 0) is 23.6 Å². The highest BCUT2D eigenvalue weighted by Crippen LogP contribution is 2.12. The fraction of sp³-hybridized carbons (Fsp3) is 0.167. The molecular formula is C12H13N3O2S. The topological polar surface area (TPSA) is 80.7 Å². The Morgan fingerprint density at radius 3 is 2.94 bits per heavy atom. The summed E-state index contributed by atoms with van der Waals surface area (Å²) in [5.41, 5.74) is 5.83. The Bertz CT molecular complexity index is 509. The minimum absolute atomic E-state index is 0.0138. The average Bonchev–Trinajstić information content (AvgIpc) is 2.92. The molecule has 18 heavy (non-hydrogen) atoms. The molecule has 0 aliphatic heterocycles. The molecule has 2 heterocycles. The second-order valence-corrected chi connectivity index (χ2v) is 4.57. The van der Waals surface area contributed by atoms with Crippen LogP contribution in [0.25, 0.3) is 0 Å². The molecule has 3 N–H and O–H groups in total. The van der Waals surface area contributed by atoms with E-state index in [1.54, 1.807) is 29.7 Å². The third kappa shape index (κ3) is 3.21. The molecule has 5 nitrogen and oxygen atoms in total. The number of thiophene rings is 1. The second-order valence-electron chi connectivity index (χ2n) is 3.54. The van der Waals surface area contributed by atoms with E-state index in [2.05, 4.69) is 16.2 Å². The average molecular weight is 263 g/mol. The van der Waals surface area contributed by atoms with Crippen molar-refractivity contribution in [3.63, 3.8) is 0 Å². The van der Waals surface area contributed by atoms with Crippen LogP contribution in [0.4, 0.5) is 0 Å². The van der Waals surface area contributed by atoms with Gasteiger partial charge in [-0.3, -0.25) is 0 Å². The second kappa shape index (κ2) is 6.02. The van der Waals surface area contributed by atoms with Crippen LogP contribution < -0.4 is 10.5 Å². The van der Waals surface area contributed by atoms with E-state index in [0.29, 0.717) is 18.1 Å². The van der Waals surface area contributed by atoms with Crippen LogP contribution >= 0.6 is 11.3 Å². The molecule has 6 heteroatoms. The molecule has 0 unspecified atom stereocenters. The largest absolute Gasteiger partial charge is 0.492 e. The van der Waals surface area contributed by atoms with Crippen LogP contribution in [-0.4, -0.2) is 22.6 Å². The molecule has 0 fully saturated rings. The Morgan fingerprint density at radius 2 is 2.33 bits per heavy atom. The van der Waals surface area contributed by atoms with Crippen LogP contribution in [0.15, 0.2) is 41.0 Å². The van der Waals surface area contributed by atoms with E-state index in [1.807, 2.05) is 11.4 Å². The number of oxime groups is 1. The first-order chi connectivity index (χ1) is 8.79. The molecule has 0 aliphatic carbocycles. The van der Waals surface area contributed by atoms with Gasteiger partial charge in [0, 0.05) is 11.3 Å². The standard InChI is InChI=1S/C12H13N3O2S/c13-12(15-16)11-4-3-9(8-14-11)17-6-5-10-2-1-7-18-10/h1-4,7-8,16H,5-6H2,(H2,13,15). The summed E-state index contributed by atoms with van der Waals surface area (Å²) in [5, 5.41) is 13.4. The third-order valence-corrected chi connectivity index (χ3v) is 3.24. The first-order valence-electron chi connectivity index (χ1n) is 5.38. The van der Waals surface area contributed by atoms with Crippen LogP contribution in [0.2, 0.25) is 0 Å². The summed E-state index contributed by atoms with van der Waals surface area (Å²) in [5.74, 6) is 0.654. The number of hydrogen-bond donors (Lipinski definition) is 2. The monoisotopic (exact) mass is 263 g/mol. The highest BCUT2D eigenvalue weighted by Gasteiger charge is 2.01. The highest BCUT2D eigenvalue weighted by molar-refractivity contribution is 7.09. The maximum Gasteiger partial charge on any atom is 0.188 e. The minimum Gasteiger partial charge on any atom is -0.492 e. The summed E-state index contributed by atoms with van der Waals surface area (Å²) in [4.78, 5) is 5.32. The van der Waals surface area contributed by atoms with Crippen molar-refractivity contribution in [1.82, 2.24) is 4.98 Å². The number of pyridine rings is 1. The molecule has 2 aromatic heterocycles. The number of aromatic nitrogens is 1. The zero-order chi connectivity index (χ0) is 12.8. The van der Waals surface area contributed by atoms with Crippen molar-refractivity contribution in [3.05, 3.63) is 46.4 Å². The van der Waals surface area contributed by atoms with E-state index in [9.17, 15) is 0 Å². The third-order valence-electron chi connectivity index (χ3n) is 2.30. The molecular weight excluding hydrogens is 250 g/mol. The van der Waals surface area contributed by atoms with Gasteiger partial charge in [-0.15, -0.1) is 11.3 Å². The summed E-state index contributed by atoms with van der Waals surface area (Å²) in [6.45, 7) is 0.602. The SMILES string of the molecule is N/C(=N/O)c1ccc(OCCc2cccs2)cn1. The van der Waals surface area contributed by atoms with Gasteiger partial charge in [-0.25, -0.2) is 4.98 Å². The van der Waals surface area contributed by atoms with Gasteiger partial charge in [-0.1, -0.05) is 11.2 Å². The van der Waals surface area contributed by atoms with Gasteiger partial charge in [0.05, 0.1) is 12.8 Å². The lowest BCUT2D eigenvalue weighted by molar-refractivity contribution is 0.318. The predicted octanol–water partition coefficient (Wildman–Crippen LogP) is 1.86. The quantitative estimate of drug-likeness (QED) is 0.373. The van der Waals surface area contributed by atoms with Crippen LogP contribution in [0.5, 0.6) is 5.75 Å². The summed E-state index contributed by atoms with van der Waals surface area (Å²) in [7, 11) is 0. The fourth-order valence-electron chi connectivity index (χ4n) is 1.39. The van der Waals surface area contributed by atoms with Gasteiger partial charge in [-0.2, -0.15) is 0 Å². The molecule has 0 saturated heterocycles. The Kier molecular flexibility index (Phi) is 4.14. The summed E-state index contributed by atoms with van der Waals surface area (Å²) in [6, 6.07) is 7.49. The van der Waals surface area contributed by atoms with Crippen molar-refractivity contribution in [1.29, 1.82) is 0 Å². The van der Waals surface area contributed by atoms with E-state index in [0.717, 1.165) is 6.42 Å². The highest BCUT2D eigenvalue weighted by atomic mass is 32.1. The molecule has 0 radical (unpaired) electrons. The number of nitrogens with two attached hydrogens (primary N) is 1. The molecule has 2 aromatic rings. The lowest BCUT2D eigenvalue weighted by Gasteiger charge is -2.05. The van der Waals surface area contributed by atoms with Crippen molar-refractivity contribution < 1.29 is 9.94 Å². The normalized spacial score (nSPS) is 11.4. The molecule has 2 rings (SSSR count). The van der Waals surface area contributed by atoms with Crippen molar-refractivity contribution in [2.45, 2.75) is 6.42 Å². The van der Waals surface area contributed by atoms with E-state index in [-0.39, 0.29) is 5.84 Å². The molecule has 0 atom stereocenters. The molecule has 0 bridgehead atoms. The Labute approximate surface area is 109 Å². The Morgan fingerprint density at radius 1 is 1.44 bits per heavy atom. The van der Waals surface area contributed by atoms with Gasteiger partial charge in [0.25, 0.3) is 0 Å². The maximum atomic E-state index is 8.50. The van der Waals surface area contributed by atoms with Crippen molar-refractivity contribution in [2.75, 3.05) is 6.61 Å². The van der Waals surface area contributed by atoms with E-state index in [4.69, 9.17) is 15.7 Å².